The van der Waals surface area contributed by atoms with Crippen molar-refractivity contribution in [3.8, 4) is 0 Å². The van der Waals surface area contributed by atoms with E-state index in [-0.39, 0.29) is 17.6 Å². The molecule has 0 unspecified atom stereocenters. The van der Waals surface area contributed by atoms with Crippen molar-refractivity contribution in [1.29, 1.82) is 0 Å². The molecule has 0 atom stereocenters. The molecule has 0 fully saturated rings. The average molecular weight is 222 g/mol. The van der Waals surface area contributed by atoms with Crippen LogP contribution in [0.2, 0.25) is 0 Å². The molecule has 0 aromatic heterocycles. The Bertz CT molecular complexity index is 272. The molecule has 0 aromatic carbocycles. The lowest BCUT2D eigenvalue weighted by Gasteiger charge is -2.07. The molecule has 0 aliphatic rings. The van der Waals surface area contributed by atoms with Gasteiger partial charge in [-0.3, -0.25) is 4.79 Å². The first kappa shape index (κ1) is 13.4. The number of sulfonamides is 1. The maximum absolute atomic E-state index is 11.1. The van der Waals surface area contributed by atoms with E-state index in [9.17, 15) is 13.2 Å². The summed E-state index contributed by atoms with van der Waals surface area (Å²) >= 11 is 0. The van der Waals surface area contributed by atoms with Crippen LogP contribution in [-0.2, 0) is 14.8 Å². The first-order valence-corrected chi connectivity index (χ1v) is 6.23. The zero-order chi connectivity index (χ0) is 11.2. The average Bonchev–Trinajstić information content (AvgIpc) is 2.12. The Morgan fingerprint density at radius 2 is 1.93 bits per heavy atom. The van der Waals surface area contributed by atoms with Gasteiger partial charge >= 0.3 is 0 Å². The van der Waals surface area contributed by atoms with Gasteiger partial charge in [0.05, 0.1) is 5.75 Å². The van der Waals surface area contributed by atoms with Crippen LogP contribution < -0.4 is 10.0 Å². The molecule has 5 nitrogen and oxygen atoms in total. The largest absolute Gasteiger partial charge is 0.356 e. The Morgan fingerprint density at radius 3 is 2.36 bits per heavy atom. The Balaban J connectivity index is 3.63. The predicted molar refractivity (Wildman–Crippen MR) is 55.3 cm³/mol. The summed E-state index contributed by atoms with van der Waals surface area (Å²) in [6.07, 6.45) is 0.432. The summed E-state index contributed by atoms with van der Waals surface area (Å²) in [5, 5.41) is 2.65. The van der Waals surface area contributed by atoms with Crippen molar-refractivity contribution in [2.24, 2.45) is 5.92 Å². The van der Waals surface area contributed by atoms with Crippen LogP contribution in [-0.4, -0.2) is 33.7 Å². The smallest absolute Gasteiger partial charge is 0.222 e. The molecule has 0 aliphatic carbocycles. The third kappa shape index (κ3) is 5.93. The van der Waals surface area contributed by atoms with E-state index in [0.29, 0.717) is 13.0 Å². The van der Waals surface area contributed by atoms with E-state index in [2.05, 4.69) is 10.0 Å². The van der Waals surface area contributed by atoms with E-state index in [4.69, 9.17) is 0 Å². The summed E-state index contributed by atoms with van der Waals surface area (Å²) in [5.41, 5.74) is 0. The molecule has 6 heteroatoms. The fourth-order valence-corrected chi connectivity index (χ4v) is 1.51. The molecule has 0 aromatic rings. The monoisotopic (exact) mass is 222 g/mol. The van der Waals surface area contributed by atoms with Gasteiger partial charge < -0.3 is 5.32 Å². The molecule has 0 saturated heterocycles. The number of rotatable bonds is 6. The van der Waals surface area contributed by atoms with Crippen molar-refractivity contribution in [3.05, 3.63) is 0 Å². The number of amides is 1. The maximum Gasteiger partial charge on any atom is 0.222 e. The van der Waals surface area contributed by atoms with E-state index in [1.807, 2.05) is 0 Å². The molecular weight excluding hydrogens is 204 g/mol. The van der Waals surface area contributed by atoms with Crippen LogP contribution in [0.4, 0.5) is 0 Å². The third-order valence-corrected chi connectivity index (χ3v) is 3.17. The first-order valence-electron chi connectivity index (χ1n) is 4.58. The predicted octanol–water partition coefficient (Wildman–Crippen LogP) is -0.302. The van der Waals surface area contributed by atoms with Gasteiger partial charge in [0.15, 0.2) is 0 Å². The lowest BCUT2D eigenvalue weighted by Crippen LogP contribution is -2.31. The van der Waals surface area contributed by atoms with E-state index in [0.717, 1.165) is 0 Å². The highest BCUT2D eigenvalue weighted by Gasteiger charge is 2.08. The van der Waals surface area contributed by atoms with Gasteiger partial charge in [-0.05, 0) is 13.5 Å². The second-order valence-electron chi connectivity index (χ2n) is 3.32. The minimum absolute atomic E-state index is 0.0435. The van der Waals surface area contributed by atoms with Gasteiger partial charge in [0.2, 0.25) is 15.9 Å². The fraction of sp³-hybridized carbons (Fsp3) is 0.875. The molecule has 0 saturated carbocycles. The van der Waals surface area contributed by atoms with Gasteiger partial charge in [-0.15, -0.1) is 0 Å². The van der Waals surface area contributed by atoms with Gasteiger partial charge in [-0.1, -0.05) is 13.8 Å². The van der Waals surface area contributed by atoms with Gasteiger partial charge in [0, 0.05) is 12.5 Å². The van der Waals surface area contributed by atoms with Crippen LogP contribution in [0.5, 0.6) is 0 Å². The minimum atomic E-state index is -3.14. The topological polar surface area (TPSA) is 75.3 Å². The SMILES string of the molecule is CNS(=O)(=O)CCCNC(=O)C(C)C. The van der Waals surface area contributed by atoms with E-state index >= 15 is 0 Å². The van der Waals surface area contributed by atoms with E-state index in [1.165, 1.54) is 7.05 Å². The fourth-order valence-electron chi connectivity index (χ4n) is 0.780. The molecule has 0 spiro atoms. The molecular formula is C8H18N2O3S. The summed E-state index contributed by atoms with van der Waals surface area (Å²) in [5.74, 6) is -0.0650. The Labute approximate surface area is 85.3 Å². The van der Waals surface area contributed by atoms with E-state index < -0.39 is 10.0 Å². The van der Waals surface area contributed by atoms with Crippen molar-refractivity contribution in [3.63, 3.8) is 0 Å². The summed E-state index contributed by atoms with van der Waals surface area (Å²) in [6.45, 7) is 3.98. The first-order chi connectivity index (χ1) is 6.39. The summed E-state index contributed by atoms with van der Waals surface area (Å²) in [4.78, 5) is 11.1. The summed E-state index contributed by atoms with van der Waals surface area (Å²) in [6, 6.07) is 0. The van der Waals surface area contributed by atoms with Gasteiger partial charge in [0.25, 0.3) is 0 Å². The van der Waals surface area contributed by atoms with Crippen molar-refractivity contribution in [2.75, 3.05) is 19.3 Å². The highest BCUT2D eigenvalue weighted by Crippen LogP contribution is 1.91. The van der Waals surface area contributed by atoms with Crippen LogP contribution in [0.25, 0.3) is 0 Å². The molecule has 14 heavy (non-hydrogen) atoms. The second kappa shape index (κ2) is 5.98. The number of hydrogen-bond acceptors (Lipinski definition) is 3. The number of hydrogen-bond donors (Lipinski definition) is 2. The standard InChI is InChI=1S/C8H18N2O3S/c1-7(2)8(11)10-5-4-6-14(12,13)9-3/h7,9H,4-6H2,1-3H3,(H,10,11). The minimum Gasteiger partial charge on any atom is -0.356 e. The second-order valence-corrected chi connectivity index (χ2v) is 5.37. The molecule has 0 bridgehead atoms. The Kier molecular flexibility index (Phi) is 5.71. The molecule has 0 radical (unpaired) electrons. The summed E-state index contributed by atoms with van der Waals surface area (Å²) in [7, 11) is -1.76. The lowest BCUT2D eigenvalue weighted by atomic mass is 10.2. The molecule has 84 valence electrons. The van der Waals surface area contributed by atoms with Gasteiger partial charge in [-0.2, -0.15) is 0 Å². The van der Waals surface area contributed by atoms with Gasteiger partial charge in [0.1, 0.15) is 0 Å². The van der Waals surface area contributed by atoms with Crippen molar-refractivity contribution in [2.45, 2.75) is 20.3 Å². The highest BCUT2D eigenvalue weighted by molar-refractivity contribution is 7.89. The van der Waals surface area contributed by atoms with Crippen LogP contribution in [0, 0.1) is 5.92 Å². The van der Waals surface area contributed by atoms with Crippen LogP contribution in [0.15, 0.2) is 0 Å². The van der Waals surface area contributed by atoms with Crippen LogP contribution in [0.3, 0.4) is 0 Å². The number of carbonyl (C=O) groups excluding carboxylic acids is 1. The van der Waals surface area contributed by atoms with Crippen LogP contribution >= 0.6 is 0 Å². The Morgan fingerprint density at radius 1 is 1.36 bits per heavy atom. The lowest BCUT2D eigenvalue weighted by molar-refractivity contribution is -0.123. The molecule has 0 rings (SSSR count). The van der Waals surface area contributed by atoms with E-state index in [1.54, 1.807) is 13.8 Å². The molecule has 0 heterocycles. The number of carbonyl (C=O) groups is 1. The highest BCUT2D eigenvalue weighted by atomic mass is 32.2. The Hall–Kier alpha value is -0.620. The molecule has 0 aliphatic heterocycles. The quantitative estimate of drug-likeness (QED) is 0.606. The van der Waals surface area contributed by atoms with Crippen molar-refractivity contribution >= 4 is 15.9 Å². The van der Waals surface area contributed by atoms with Crippen LogP contribution in [0.1, 0.15) is 20.3 Å². The summed E-state index contributed by atoms with van der Waals surface area (Å²) < 4.78 is 24.1. The third-order valence-electron chi connectivity index (χ3n) is 1.72. The van der Waals surface area contributed by atoms with Crippen molar-refractivity contribution < 1.29 is 13.2 Å². The zero-order valence-electron chi connectivity index (χ0n) is 8.83. The molecule has 1 amide bonds. The van der Waals surface area contributed by atoms with Crippen molar-refractivity contribution in [1.82, 2.24) is 10.0 Å². The van der Waals surface area contributed by atoms with Gasteiger partial charge in [-0.25, -0.2) is 13.1 Å². The molecule has 2 N–H and O–H groups in total. The normalized spacial score (nSPS) is 11.7. The zero-order valence-corrected chi connectivity index (χ0v) is 9.65. The number of nitrogens with one attached hydrogen (secondary N) is 2. The maximum atomic E-state index is 11.1.